The van der Waals surface area contributed by atoms with E-state index in [0.29, 0.717) is 5.56 Å². The van der Waals surface area contributed by atoms with Gasteiger partial charge in [0, 0.05) is 11.1 Å². The number of hydrogen-bond donors (Lipinski definition) is 3. The number of carbonyl (C=O) groups excluding carboxylic acids is 2. The van der Waals surface area contributed by atoms with Crippen molar-refractivity contribution in [1.29, 1.82) is 0 Å². The average molecular weight is 259 g/mol. The first-order valence-corrected chi connectivity index (χ1v) is 5.86. The van der Waals surface area contributed by atoms with Crippen molar-refractivity contribution < 1.29 is 9.59 Å². The summed E-state index contributed by atoms with van der Waals surface area (Å²) in [6, 6.07) is 4.50. The molecular formula is C14H17N3O2. The number of benzene rings is 1. The molecule has 5 heteroatoms. The first-order valence-electron chi connectivity index (χ1n) is 5.86. The third kappa shape index (κ3) is 3.83. The van der Waals surface area contributed by atoms with Gasteiger partial charge in [0.1, 0.15) is 6.04 Å². The van der Waals surface area contributed by atoms with Crippen molar-refractivity contribution in [3.8, 4) is 11.8 Å². The van der Waals surface area contributed by atoms with Gasteiger partial charge >= 0.3 is 0 Å². The lowest BCUT2D eigenvalue weighted by atomic mass is 10.0. The van der Waals surface area contributed by atoms with Gasteiger partial charge in [0.15, 0.2) is 0 Å². The minimum Gasteiger partial charge on any atom is -0.368 e. The molecule has 0 heterocycles. The highest BCUT2D eigenvalue weighted by Crippen LogP contribution is 2.13. The maximum atomic E-state index is 12.0. The summed E-state index contributed by atoms with van der Waals surface area (Å²) in [5.74, 6) is 4.71. The van der Waals surface area contributed by atoms with E-state index < -0.39 is 11.9 Å². The number of nitrogens with one attached hydrogen (secondary N) is 1. The molecule has 1 atom stereocenters. The van der Waals surface area contributed by atoms with Gasteiger partial charge < -0.3 is 16.8 Å². The fraction of sp³-hybridized carbons (Fsp3) is 0.286. The predicted molar refractivity (Wildman–Crippen MR) is 73.2 cm³/mol. The van der Waals surface area contributed by atoms with Crippen LogP contribution in [-0.2, 0) is 4.79 Å². The normalized spacial score (nSPS) is 11.1. The lowest BCUT2D eigenvalue weighted by Gasteiger charge is -2.12. The quantitative estimate of drug-likeness (QED) is 0.661. The van der Waals surface area contributed by atoms with Crippen molar-refractivity contribution in [1.82, 2.24) is 5.32 Å². The molecule has 19 heavy (non-hydrogen) atoms. The van der Waals surface area contributed by atoms with Crippen LogP contribution in [0.4, 0.5) is 0 Å². The van der Waals surface area contributed by atoms with Crippen molar-refractivity contribution in [3.63, 3.8) is 0 Å². The fourth-order valence-electron chi connectivity index (χ4n) is 1.51. The average Bonchev–Trinajstić information content (AvgIpc) is 2.37. The summed E-state index contributed by atoms with van der Waals surface area (Å²) in [5, 5.41) is 2.53. The van der Waals surface area contributed by atoms with Crippen LogP contribution >= 0.6 is 0 Å². The highest BCUT2D eigenvalue weighted by Gasteiger charge is 2.16. The molecule has 0 radical (unpaired) electrons. The Labute approximate surface area is 112 Å². The number of nitrogens with two attached hydrogens (primary N) is 2. The monoisotopic (exact) mass is 259 g/mol. The molecule has 1 aromatic carbocycles. The van der Waals surface area contributed by atoms with Crippen LogP contribution in [0.2, 0.25) is 0 Å². The second kappa shape index (κ2) is 6.57. The van der Waals surface area contributed by atoms with E-state index in [9.17, 15) is 9.59 Å². The second-order valence-corrected chi connectivity index (χ2v) is 4.08. The Morgan fingerprint density at radius 3 is 2.68 bits per heavy atom. The van der Waals surface area contributed by atoms with Gasteiger partial charge in [-0.05, 0) is 31.5 Å². The Morgan fingerprint density at radius 2 is 2.11 bits per heavy atom. The molecule has 0 aromatic heterocycles. The van der Waals surface area contributed by atoms with Gasteiger partial charge in [-0.1, -0.05) is 17.9 Å². The van der Waals surface area contributed by atoms with Crippen molar-refractivity contribution in [2.24, 2.45) is 11.5 Å². The maximum Gasteiger partial charge on any atom is 0.252 e. The highest BCUT2D eigenvalue weighted by atomic mass is 16.2. The smallest absolute Gasteiger partial charge is 0.252 e. The molecular weight excluding hydrogens is 242 g/mol. The topological polar surface area (TPSA) is 98.2 Å². The van der Waals surface area contributed by atoms with Crippen LogP contribution in [0.3, 0.4) is 0 Å². The Bertz CT molecular complexity index is 556. The minimum atomic E-state index is -0.717. The fourth-order valence-corrected chi connectivity index (χ4v) is 1.51. The Kier molecular flexibility index (Phi) is 5.10. The van der Waals surface area contributed by atoms with Crippen molar-refractivity contribution >= 4 is 11.8 Å². The van der Waals surface area contributed by atoms with Gasteiger partial charge in [0.05, 0.1) is 6.54 Å². The Morgan fingerprint density at radius 1 is 1.42 bits per heavy atom. The molecule has 5 nitrogen and oxygen atoms in total. The molecule has 0 bridgehead atoms. The molecule has 100 valence electrons. The third-order valence-electron chi connectivity index (χ3n) is 2.68. The SMILES string of the molecule is Cc1c(C#CCN)cccc1C(=O)NC(C)C(N)=O. The molecule has 0 aliphatic carbocycles. The number of hydrogen-bond acceptors (Lipinski definition) is 3. The van der Waals surface area contributed by atoms with Gasteiger partial charge in [0.2, 0.25) is 5.91 Å². The van der Waals surface area contributed by atoms with E-state index in [1.807, 2.05) is 6.07 Å². The van der Waals surface area contributed by atoms with E-state index in [-0.39, 0.29) is 12.5 Å². The van der Waals surface area contributed by atoms with Crippen LogP contribution in [0.1, 0.15) is 28.4 Å². The van der Waals surface area contributed by atoms with Crippen LogP contribution in [0.25, 0.3) is 0 Å². The van der Waals surface area contributed by atoms with E-state index in [4.69, 9.17) is 11.5 Å². The van der Waals surface area contributed by atoms with Gasteiger partial charge in [0.25, 0.3) is 5.91 Å². The molecule has 0 aliphatic rings. The molecule has 0 saturated carbocycles. The lowest BCUT2D eigenvalue weighted by molar-refractivity contribution is -0.119. The van der Waals surface area contributed by atoms with Crippen molar-refractivity contribution in [2.45, 2.75) is 19.9 Å². The summed E-state index contributed by atoms with van der Waals surface area (Å²) in [4.78, 5) is 22.9. The van der Waals surface area contributed by atoms with Gasteiger partial charge in [-0.3, -0.25) is 9.59 Å². The van der Waals surface area contributed by atoms with Crippen LogP contribution in [-0.4, -0.2) is 24.4 Å². The highest BCUT2D eigenvalue weighted by molar-refractivity contribution is 5.98. The van der Waals surface area contributed by atoms with Gasteiger partial charge in [-0.2, -0.15) is 0 Å². The largest absolute Gasteiger partial charge is 0.368 e. The van der Waals surface area contributed by atoms with E-state index in [2.05, 4.69) is 17.2 Å². The number of carbonyl (C=O) groups is 2. The zero-order valence-corrected chi connectivity index (χ0v) is 11.0. The summed E-state index contributed by atoms with van der Waals surface area (Å²) in [6.45, 7) is 3.59. The molecule has 0 fully saturated rings. The zero-order chi connectivity index (χ0) is 14.4. The molecule has 0 aliphatic heterocycles. The van der Waals surface area contributed by atoms with E-state index in [0.717, 1.165) is 11.1 Å². The van der Waals surface area contributed by atoms with Crippen LogP contribution < -0.4 is 16.8 Å². The summed E-state index contributed by atoms with van der Waals surface area (Å²) < 4.78 is 0. The standard InChI is InChI=1S/C14H17N3O2/c1-9-11(6-4-8-15)5-3-7-12(9)14(19)17-10(2)13(16)18/h3,5,7,10H,8,15H2,1-2H3,(H2,16,18)(H,17,19). The third-order valence-corrected chi connectivity index (χ3v) is 2.68. The van der Waals surface area contributed by atoms with Crippen LogP contribution in [0.15, 0.2) is 18.2 Å². The number of primary amides is 1. The summed E-state index contributed by atoms with van der Waals surface area (Å²) in [6.07, 6.45) is 0. The first kappa shape index (κ1) is 14.7. The van der Waals surface area contributed by atoms with Crippen molar-refractivity contribution in [2.75, 3.05) is 6.54 Å². The summed E-state index contributed by atoms with van der Waals surface area (Å²) >= 11 is 0. The molecule has 0 spiro atoms. The van der Waals surface area contributed by atoms with E-state index in [1.54, 1.807) is 19.1 Å². The Hall–Kier alpha value is -2.32. The zero-order valence-electron chi connectivity index (χ0n) is 11.0. The molecule has 1 rings (SSSR count). The van der Waals surface area contributed by atoms with Crippen LogP contribution in [0.5, 0.6) is 0 Å². The summed E-state index contributed by atoms with van der Waals surface area (Å²) in [7, 11) is 0. The second-order valence-electron chi connectivity index (χ2n) is 4.08. The predicted octanol–water partition coefficient (Wildman–Crippen LogP) is -0.0912. The molecule has 0 saturated heterocycles. The number of amides is 2. The summed E-state index contributed by atoms with van der Waals surface area (Å²) in [5.41, 5.74) is 12.4. The van der Waals surface area contributed by atoms with Crippen LogP contribution in [0, 0.1) is 18.8 Å². The molecule has 1 unspecified atom stereocenters. The minimum absolute atomic E-state index is 0.259. The number of rotatable bonds is 3. The Balaban J connectivity index is 3.01. The first-order chi connectivity index (χ1) is 8.97. The van der Waals surface area contributed by atoms with Gasteiger partial charge in [-0.15, -0.1) is 0 Å². The lowest BCUT2D eigenvalue weighted by Crippen LogP contribution is -2.42. The molecule has 2 amide bonds. The van der Waals surface area contributed by atoms with E-state index >= 15 is 0 Å². The maximum absolute atomic E-state index is 12.0. The molecule has 1 aromatic rings. The molecule has 5 N–H and O–H groups in total. The van der Waals surface area contributed by atoms with Crippen molar-refractivity contribution in [3.05, 3.63) is 34.9 Å². The van der Waals surface area contributed by atoms with E-state index in [1.165, 1.54) is 6.92 Å². The van der Waals surface area contributed by atoms with Gasteiger partial charge in [-0.25, -0.2) is 0 Å².